The van der Waals surface area contributed by atoms with Crippen molar-refractivity contribution >= 4 is 27.5 Å². The maximum atomic E-state index is 13.0. The van der Waals surface area contributed by atoms with E-state index < -0.39 is 0 Å². The second kappa shape index (κ2) is 7.67. The van der Waals surface area contributed by atoms with Crippen LogP contribution in [0.15, 0.2) is 59.1 Å². The number of rotatable bonds is 6. The first-order chi connectivity index (χ1) is 13.2. The molecule has 0 aliphatic heterocycles. The van der Waals surface area contributed by atoms with Crippen molar-refractivity contribution in [1.82, 2.24) is 15.3 Å². The van der Waals surface area contributed by atoms with Gasteiger partial charge in [0.25, 0.3) is 0 Å². The van der Waals surface area contributed by atoms with Gasteiger partial charge in [-0.3, -0.25) is 4.79 Å². The monoisotopic (exact) mass is 381 g/mol. The van der Waals surface area contributed by atoms with Gasteiger partial charge in [-0.15, -0.1) is 11.3 Å². The minimum absolute atomic E-state index is 0.0872. The van der Waals surface area contributed by atoms with E-state index >= 15 is 0 Å². The van der Waals surface area contributed by atoms with Crippen molar-refractivity contribution in [2.75, 3.05) is 0 Å². The number of benzene rings is 2. The number of aromatic nitrogens is 2. The van der Waals surface area contributed by atoms with E-state index in [-0.39, 0.29) is 18.1 Å². The van der Waals surface area contributed by atoms with Gasteiger partial charge in [-0.1, -0.05) is 12.1 Å². The number of halogens is 1. The molecule has 27 heavy (non-hydrogen) atoms. The number of amides is 1. The summed E-state index contributed by atoms with van der Waals surface area (Å²) in [5.74, 6) is 0.642. The third kappa shape index (κ3) is 4.20. The van der Waals surface area contributed by atoms with E-state index in [1.165, 1.54) is 12.1 Å². The Kier molecular flexibility index (Phi) is 4.93. The molecule has 1 amide bonds. The Morgan fingerprint density at radius 1 is 1.15 bits per heavy atom. The molecule has 0 saturated heterocycles. The topological polar surface area (TPSA) is 68.0 Å². The lowest BCUT2D eigenvalue weighted by molar-refractivity contribution is -0.121. The van der Waals surface area contributed by atoms with Gasteiger partial charge in [-0.2, -0.15) is 0 Å². The van der Waals surface area contributed by atoms with E-state index in [0.29, 0.717) is 24.6 Å². The predicted molar refractivity (Wildman–Crippen MR) is 102 cm³/mol. The van der Waals surface area contributed by atoms with Crippen molar-refractivity contribution in [2.45, 2.75) is 19.4 Å². The van der Waals surface area contributed by atoms with Crippen LogP contribution >= 0.6 is 11.3 Å². The average Bonchev–Trinajstić information content (AvgIpc) is 3.32. The Hall–Kier alpha value is -3.06. The molecular formula is C20H16FN3O2S. The Morgan fingerprint density at radius 2 is 1.96 bits per heavy atom. The van der Waals surface area contributed by atoms with Gasteiger partial charge in [0.1, 0.15) is 10.8 Å². The average molecular weight is 381 g/mol. The summed E-state index contributed by atoms with van der Waals surface area (Å²) in [6.07, 6.45) is 2.25. The molecule has 0 fully saturated rings. The number of carbonyl (C=O) groups excluding carboxylic acids is 1. The fraction of sp³-hybridized carbons (Fsp3) is 0.150. The van der Waals surface area contributed by atoms with E-state index in [4.69, 9.17) is 4.42 Å². The number of thiazole rings is 1. The summed E-state index contributed by atoms with van der Waals surface area (Å²) >= 11 is 1.57. The second-order valence-corrected chi connectivity index (χ2v) is 7.09. The minimum Gasteiger partial charge on any atom is -0.441 e. The summed E-state index contributed by atoms with van der Waals surface area (Å²) in [7, 11) is 0. The summed E-state index contributed by atoms with van der Waals surface area (Å²) in [6, 6.07) is 13.9. The quantitative estimate of drug-likeness (QED) is 0.539. The maximum Gasteiger partial charge on any atom is 0.220 e. The molecule has 0 aliphatic carbocycles. The third-order valence-corrected chi connectivity index (χ3v) is 5.06. The molecule has 0 unspecified atom stereocenters. The van der Waals surface area contributed by atoms with Gasteiger partial charge >= 0.3 is 0 Å². The fourth-order valence-corrected chi connectivity index (χ4v) is 3.56. The van der Waals surface area contributed by atoms with Crippen molar-refractivity contribution in [1.29, 1.82) is 0 Å². The van der Waals surface area contributed by atoms with Gasteiger partial charge in [0.05, 0.1) is 23.0 Å². The van der Waals surface area contributed by atoms with Crippen molar-refractivity contribution < 1.29 is 13.6 Å². The molecule has 4 aromatic rings. The number of hydrogen-bond acceptors (Lipinski definition) is 5. The van der Waals surface area contributed by atoms with Crippen LogP contribution in [-0.2, 0) is 17.8 Å². The molecule has 0 saturated carbocycles. The van der Waals surface area contributed by atoms with Crippen LogP contribution in [0.3, 0.4) is 0 Å². The number of fused-ring (bicyclic) bond motifs is 1. The highest BCUT2D eigenvalue weighted by molar-refractivity contribution is 7.18. The summed E-state index contributed by atoms with van der Waals surface area (Å²) in [4.78, 5) is 20.7. The van der Waals surface area contributed by atoms with E-state index in [9.17, 15) is 9.18 Å². The number of carbonyl (C=O) groups is 1. The highest BCUT2D eigenvalue weighted by Crippen LogP contribution is 2.22. The van der Waals surface area contributed by atoms with Gasteiger partial charge in [0.15, 0.2) is 11.7 Å². The highest BCUT2D eigenvalue weighted by Gasteiger charge is 2.10. The Bertz CT molecular complexity index is 1040. The molecule has 0 atom stereocenters. The molecule has 2 aromatic carbocycles. The molecule has 0 spiro atoms. The highest BCUT2D eigenvalue weighted by atomic mass is 32.1. The van der Waals surface area contributed by atoms with E-state index in [2.05, 4.69) is 15.3 Å². The molecule has 4 rings (SSSR count). The van der Waals surface area contributed by atoms with Gasteiger partial charge in [0, 0.05) is 18.4 Å². The van der Waals surface area contributed by atoms with Crippen LogP contribution in [0.25, 0.3) is 21.5 Å². The Balaban J connectivity index is 1.29. The Labute approximate surface area is 158 Å². The predicted octanol–water partition coefficient (Wildman–Crippen LogP) is 4.34. The molecular weight excluding hydrogens is 365 g/mol. The van der Waals surface area contributed by atoms with Crippen molar-refractivity contribution in [3.05, 3.63) is 71.4 Å². The third-order valence-electron chi connectivity index (χ3n) is 4.02. The first-order valence-corrected chi connectivity index (χ1v) is 9.31. The molecule has 5 nitrogen and oxygen atoms in total. The lowest BCUT2D eigenvalue weighted by Crippen LogP contribution is -2.22. The van der Waals surface area contributed by atoms with E-state index in [1.807, 2.05) is 24.3 Å². The number of aryl methyl sites for hydroxylation is 1. The Morgan fingerprint density at radius 3 is 2.78 bits per heavy atom. The van der Waals surface area contributed by atoms with Crippen LogP contribution in [-0.4, -0.2) is 15.9 Å². The van der Waals surface area contributed by atoms with Gasteiger partial charge in [0.2, 0.25) is 5.91 Å². The first kappa shape index (κ1) is 17.4. The molecule has 136 valence electrons. The molecule has 1 N–H and O–H groups in total. The van der Waals surface area contributed by atoms with E-state index in [1.54, 1.807) is 29.7 Å². The zero-order valence-electron chi connectivity index (χ0n) is 14.3. The molecule has 0 radical (unpaired) electrons. The number of oxazole rings is 1. The summed E-state index contributed by atoms with van der Waals surface area (Å²) < 4.78 is 19.7. The lowest BCUT2D eigenvalue weighted by Gasteiger charge is -2.01. The molecule has 0 bridgehead atoms. The maximum absolute atomic E-state index is 13.0. The van der Waals surface area contributed by atoms with Gasteiger partial charge in [-0.25, -0.2) is 14.4 Å². The van der Waals surface area contributed by atoms with Crippen LogP contribution in [0.2, 0.25) is 0 Å². The van der Waals surface area contributed by atoms with Crippen molar-refractivity contribution in [2.24, 2.45) is 0 Å². The second-order valence-electron chi connectivity index (χ2n) is 5.98. The smallest absolute Gasteiger partial charge is 0.220 e. The number of nitrogens with one attached hydrogen (secondary N) is 1. The fourth-order valence-electron chi connectivity index (χ4n) is 2.65. The van der Waals surface area contributed by atoms with Crippen LogP contribution in [0.4, 0.5) is 4.39 Å². The SMILES string of the molecule is O=C(CCc1ncc(-c2ccc(F)cc2)o1)NCc1nc2ccccc2s1. The summed E-state index contributed by atoms with van der Waals surface area (Å²) in [5, 5.41) is 3.75. The molecule has 7 heteroatoms. The van der Waals surface area contributed by atoms with Gasteiger partial charge in [-0.05, 0) is 36.4 Å². The first-order valence-electron chi connectivity index (χ1n) is 8.49. The minimum atomic E-state index is -0.303. The number of hydrogen-bond donors (Lipinski definition) is 1. The zero-order chi connectivity index (χ0) is 18.6. The number of nitrogens with zero attached hydrogens (tertiary/aromatic N) is 2. The number of para-hydroxylation sites is 1. The molecule has 2 heterocycles. The van der Waals surface area contributed by atoms with Crippen molar-refractivity contribution in [3.63, 3.8) is 0 Å². The largest absolute Gasteiger partial charge is 0.441 e. The molecule has 2 aromatic heterocycles. The standard InChI is InChI=1S/C20H16FN3O2S/c21-14-7-5-13(6-8-14)16-11-23-19(26-16)10-9-18(25)22-12-20-24-15-3-1-2-4-17(15)27-20/h1-8,11H,9-10,12H2,(H,22,25). The lowest BCUT2D eigenvalue weighted by atomic mass is 10.2. The van der Waals surface area contributed by atoms with Gasteiger partial charge < -0.3 is 9.73 Å². The normalized spacial score (nSPS) is 11.0. The van der Waals surface area contributed by atoms with Crippen LogP contribution in [0, 0.1) is 5.82 Å². The van der Waals surface area contributed by atoms with Crippen LogP contribution < -0.4 is 5.32 Å². The summed E-state index contributed by atoms with van der Waals surface area (Å²) in [5.41, 5.74) is 1.69. The van der Waals surface area contributed by atoms with Crippen LogP contribution in [0.1, 0.15) is 17.3 Å². The summed E-state index contributed by atoms with van der Waals surface area (Å²) in [6.45, 7) is 0.407. The van der Waals surface area contributed by atoms with E-state index in [0.717, 1.165) is 20.8 Å². The van der Waals surface area contributed by atoms with Crippen LogP contribution in [0.5, 0.6) is 0 Å². The molecule has 0 aliphatic rings. The zero-order valence-corrected chi connectivity index (χ0v) is 15.1. The van der Waals surface area contributed by atoms with Crippen molar-refractivity contribution in [3.8, 4) is 11.3 Å².